The molecule has 1 aromatic heterocycles. The van der Waals surface area contributed by atoms with Gasteiger partial charge in [0.15, 0.2) is 0 Å². The quantitative estimate of drug-likeness (QED) is 0.828. The normalized spacial score (nSPS) is 15.7. The molecule has 0 aromatic carbocycles. The van der Waals surface area contributed by atoms with Crippen LogP contribution in [-0.2, 0) is 6.54 Å². The number of hydrogen-bond acceptors (Lipinski definition) is 3. The zero-order valence-corrected chi connectivity index (χ0v) is 11.7. The molecule has 1 heterocycles. The zero-order chi connectivity index (χ0) is 12.2. The molecule has 1 unspecified atom stereocenters. The van der Waals surface area contributed by atoms with E-state index in [-0.39, 0.29) is 5.54 Å². The van der Waals surface area contributed by atoms with Gasteiger partial charge in [-0.15, -0.1) is 11.3 Å². The van der Waals surface area contributed by atoms with E-state index in [4.69, 9.17) is 5.73 Å². The molecule has 1 rings (SSSR count). The first-order valence-corrected chi connectivity index (χ1v) is 6.90. The summed E-state index contributed by atoms with van der Waals surface area (Å²) in [6, 6.07) is 4.31. The fraction of sp³-hybridized carbons (Fsp3) is 0.692. The maximum absolute atomic E-state index is 5.98. The predicted octanol–water partition coefficient (Wildman–Crippen LogP) is 2.94. The van der Waals surface area contributed by atoms with Crippen LogP contribution in [0.3, 0.4) is 0 Å². The van der Waals surface area contributed by atoms with Gasteiger partial charge in [0.1, 0.15) is 0 Å². The number of hydrogen-bond donors (Lipinski definition) is 1. The molecule has 1 aromatic rings. The molecule has 0 bridgehead atoms. The summed E-state index contributed by atoms with van der Waals surface area (Å²) >= 11 is 1.82. The van der Waals surface area contributed by atoms with Crippen molar-refractivity contribution in [1.29, 1.82) is 0 Å². The lowest BCUT2D eigenvalue weighted by molar-refractivity contribution is 0.0659. The van der Waals surface area contributed by atoms with Crippen LogP contribution < -0.4 is 5.73 Å². The Bertz CT molecular complexity index is 295. The first-order valence-electron chi connectivity index (χ1n) is 6.02. The molecule has 0 saturated carbocycles. The topological polar surface area (TPSA) is 29.3 Å². The third-order valence-electron chi connectivity index (χ3n) is 3.69. The van der Waals surface area contributed by atoms with E-state index < -0.39 is 0 Å². The van der Waals surface area contributed by atoms with Crippen molar-refractivity contribution < 1.29 is 0 Å². The molecule has 0 aliphatic carbocycles. The summed E-state index contributed by atoms with van der Waals surface area (Å²) < 4.78 is 0. The Kier molecular flexibility index (Phi) is 4.96. The largest absolute Gasteiger partial charge is 0.329 e. The molecule has 2 nitrogen and oxygen atoms in total. The van der Waals surface area contributed by atoms with Crippen molar-refractivity contribution in [3.8, 4) is 0 Å². The van der Waals surface area contributed by atoms with Gasteiger partial charge < -0.3 is 5.73 Å². The molecular weight excluding hydrogens is 216 g/mol. The number of likely N-dealkylation sites (N-methyl/N-ethyl adjacent to an activating group) is 1. The van der Waals surface area contributed by atoms with Gasteiger partial charge in [0.2, 0.25) is 0 Å². The first kappa shape index (κ1) is 13.7. The molecule has 0 saturated heterocycles. The van der Waals surface area contributed by atoms with Gasteiger partial charge in [0.05, 0.1) is 0 Å². The lowest BCUT2D eigenvalue weighted by atomic mass is 9.86. The minimum Gasteiger partial charge on any atom is -0.329 e. The number of thiophene rings is 1. The SMILES string of the molecule is CCN(Cc1cccs1)C(C)(CN)C(C)C. The van der Waals surface area contributed by atoms with E-state index in [1.165, 1.54) is 4.88 Å². The standard InChI is InChI=1S/C13H24N2S/c1-5-15(9-12-7-6-8-16-12)13(4,10-14)11(2)3/h6-8,11H,5,9-10,14H2,1-4H3. The maximum atomic E-state index is 5.98. The molecular formula is C13H24N2S. The van der Waals surface area contributed by atoms with Crippen LogP contribution in [0.1, 0.15) is 32.6 Å². The Morgan fingerprint density at radius 3 is 2.56 bits per heavy atom. The van der Waals surface area contributed by atoms with Crippen molar-refractivity contribution in [2.75, 3.05) is 13.1 Å². The van der Waals surface area contributed by atoms with Crippen molar-refractivity contribution in [1.82, 2.24) is 4.90 Å². The van der Waals surface area contributed by atoms with E-state index in [2.05, 4.69) is 50.1 Å². The average Bonchev–Trinajstić information content (AvgIpc) is 2.77. The highest BCUT2D eigenvalue weighted by atomic mass is 32.1. The predicted molar refractivity (Wildman–Crippen MR) is 72.7 cm³/mol. The van der Waals surface area contributed by atoms with Crippen LogP contribution in [0.15, 0.2) is 17.5 Å². The van der Waals surface area contributed by atoms with E-state index in [1.807, 2.05) is 11.3 Å². The fourth-order valence-corrected chi connectivity index (χ4v) is 2.69. The third kappa shape index (κ3) is 2.84. The summed E-state index contributed by atoms with van der Waals surface area (Å²) in [5.74, 6) is 0.567. The van der Waals surface area contributed by atoms with Crippen molar-refractivity contribution in [2.24, 2.45) is 11.7 Å². The highest BCUT2D eigenvalue weighted by Gasteiger charge is 2.32. The maximum Gasteiger partial charge on any atom is 0.0333 e. The lowest BCUT2D eigenvalue weighted by Crippen LogP contribution is -2.54. The number of nitrogens with two attached hydrogens (primary N) is 1. The molecule has 16 heavy (non-hydrogen) atoms. The second kappa shape index (κ2) is 5.80. The van der Waals surface area contributed by atoms with E-state index in [0.717, 1.165) is 13.1 Å². The summed E-state index contributed by atoms with van der Waals surface area (Å²) in [6.45, 7) is 11.8. The first-order chi connectivity index (χ1) is 7.54. The number of nitrogens with zero attached hydrogens (tertiary/aromatic N) is 1. The number of rotatable bonds is 6. The van der Waals surface area contributed by atoms with Crippen LogP contribution in [0.25, 0.3) is 0 Å². The van der Waals surface area contributed by atoms with Gasteiger partial charge in [0, 0.05) is 23.5 Å². The summed E-state index contributed by atoms with van der Waals surface area (Å²) in [6.07, 6.45) is 0. The smallest absolute Gasteiger partial charge is 0.0333 e. The Balaban J connectivity index is 2.79. The van der Waals surface area contributed by atoms with Crippen molar-refractivity contribution in [3.63, 3.8) is 0 Å². The molecule has 0 aliphatic rings. The monoisotopic (exact) mass is 240 g/mol. The van der Waals surface area contributed by atoms with Gasteiger partial charge >= 0.3 is 0 Å². The van der Waals surface area contributed by atoms with Gasteiger partial charge in [-0.1, -0.05) is 26.8 Å². The Labute approximate surface area is 103 Å². The molecule has 0 radical (unpaired) electrons. The highest BCUT2D eigenvalue weighted by Crippen LogP contribution is 2.26. The Hall–Kier alpha value is -0.380. The minimum absolute atomic E-state index is 0.0960. The van der Waals surface area contributed by atoms with Crippen molar-refractivity contribution in [2.45, 2.75) is 39.8 Å². The molecule has 92 valence electrons. The summed E-state index contributed by atoms with van der Waals surface area (Å²) in [4.78, 5) is 3.91. The van der Waals surface area contributed by atoms with E-state index >= 15 is 0 Å². The minimum atomic E-state index is 0.0960. The molecule has 0 fully saturated rings. The van der Waals surface area contributed by atoms with E-state index in [1.54, 1.807) is 0 Å². The van der Waals surface area contributed by atoms with Gasteiger partial charge in [0.25, 0.3) is 0 Å². The fourth-order valence-electron chi connectivity index (χ4n) is 1.97. The molecule has 0 spiro atoms. The van der Waals surface area contributed by atoms with Crippen LogP contribution in [0.2, 0.25) is 0 Å². The molecule has 3 heteroatoms. The van der Waals surface area contributed by atoms with Gasteiger partial charge in [-0.3, -0.25) is 4.90 Å². The average molecular weight is 240 g/mol. The highest BCUT2D eigenvalue weighted by molar-refractivity contribution is 7.09. The van der Waals surface area contributed by atoms with Gasteiger partial charge in [-0.2, -0.15) is 0 Å². The van der Waals surface area contributed by atoms with E-state index in [9.17, 15) is 0 Å². The summed E-state index contributed by atoms with van der Waals surface area (Å²) in [5.41, 5.74) is 6.07. The second-order valence-electron chi connectivity index (χ2n) is 4.81. The van der Waals surface area contributed by atoms with Crippen molar-refractivity contribution in [3.05, 3.63) is 22.4 Å². The molecule has 0 amide bonds. The molecule has 1 atom stereocenters. The van der Waals surface area contributed by atoms with Crippen LogP contribution in [0.4, 0.5) is 0 Å². The van der Waals surface area contributed by atoms with Crippen LogP contribution in [0.5, 0.6) is 0 Å². The third-order valence-corrected chi connectivity index (χ3v) is 4.55. The van der Waals surface area contributed by atoms with E-state index in [0.29, 0.717) is 12.5 Å². The second-order valence-corrected chi connectivity index (χ2v) is 5.84. The van der Waals surface area contributed by atoms with Crippen LogP contribution in [-0.4, -0.2) is 23.5 Å². The zero-order valence-electron chi connectivity index (χ0n) is 10.9. The molecule has 2 N–H and O–H groups in total. The Morgan fingerprint density at radius 2 is 2.19 bits per heavy atom. The molecule has 0 aliphatic heterocycles. The van der Waals surface area contributed by atoms with Crippen molar-refractivity contribution >= 4 is 11.3 Å². The lowest BCUT2D eigenvalue weighted by Gasteiger charge is -2.43. The van der Waals surface area contributed by atoms with Gasteiger partial charge in [-0.05, 0) is 30.8 Å². The summed E-state index contributed by atoms with van der Waals surface area (Å²) in [7, 11) is 0. The van der Waals surface area contributed by atoms with Crippen LogP contribution >= 0.6 is 11.3 Å². The van der Waals surface area contributed by atoms with Crippen LogP contribution in [0, 0.1) is 5.92 Å². The Morgan fingerprint density at radius 1 is 1.50 bits per heavy atom. The van der Waals surface area contributed by atoms with Gasteiger partial charge in [-0.25, -0.2) is 0 Å². The summed E-state index contributed by atoms with van der Waals surface area (Å²) in [5, 5.41) is 2.14.